The summed E-state index contributed by atoms with van der Waals surface area (Å²) in [6, 6.07) is -1.64. The SMILES string of the molecule is CC[C@H](C)[C@H](NC(=O)CN1C(=O)NC(C)(C2CC2)C1=O)C(=O)O. The largest absolute Gasteiger partial charge is 0.480 e. The van der Waals surface area contributed by atoms with Crippen LogP contribution in [0.5, 0.6) is 0 Å². The number of aliphatic carboxylic acids is 1. The zero-order valence-electron chi connectivity index (χ0n) is 13.6. The Morgan fingerprint density at radius 2 is 2.04 bits per heavy atom. The average molecular weight is 325 g/mol. The fourth-order valence-corrected chi connectivity index (χ4v) is 2.84. The van der Waals surface area contributed by atoms with Crippen molar-refractivity contribution in [2.45, 2.75) is 51.6 Å². The van der Waals surface area contributed by atoms with Crippen LogP contribution in [0.1, 0.15) is 40.0 Å². The second-order valence-electron chi connectivity index (χ2n) is 6.57. The molecule has 128 valence electrons. The van der Waals surface area contributed by atoms with Crippen LogP contribution in [0, 0.1) is 11.8 Å². The molecule has 0 radical (unpaired) electrons. The summed E-state index contributed by atoms with van der Waals surface area (Å²) < 4.78 is 0. The number of amides is 4. The van der Waals surface area contributed by atoms with E-state index >= 15 is 0 Å². The highest BCUT2D eigenvalue weighted by Gasteiger charge is 2.56. The van der Waals surface area contributed by atoms with Crippen molar-refractivity contribution >= 4 is 23.8 Å². The molecule has 3 atom stereocenters. The van der Waals surface area contributed by atoms with Crippen molar-refractivity contribution in [3.8, 4) is 0 Å². The standard InChI is InChI=1S/C15H23N3O5/c1-4-8(2)11(12(20)21)16-10(19)7-18-13(22)15(3,9-5-6-9)17-14(18)23/h8-9,11H,4-7H2,1-3H3,(H,16,19)(H,17,23)(H,20,21)/t8-,11-,15?/m0/s1. The van der Waals surface area contributed by atoms with Crippen LogP contribution in [-0.4, -0.2) is 51.9 Å². The molecule has 0 spiro atoms. The van der Waals surface area contributed by atoms with Crippen molar-refractivity contribution in [3.63, 3.8) is 0 Å². The third-order valence-electron chi connectivity index (χ3n) is 4.79. The molecular formula is C15H23N3O5. The van der Waals surface area contributed by atoms with Crippen LogP contribution in [0.25, 0.3) is 0 Å². The van der Waals surface area contributed by atoms with Gasteiger partial charge in [0, 0.05) is 0 Å². The van der Waals surface area contributed by atoms with Crippen molar-refractivity contribution in [1.29, 1.82) is 0 Å². The van der Waals surface area contributed by atoms with E-state index < -0.39 is 41.9 Å². The van der Waals surface area contributed by atoms with Gasteiger partial charge in [-0.2, -0.15) is 0 Å². The van der Waals surface area contributed by atoms with Gasteiger partial charge in [-0.25, -0.2) is 9.59 Å². The maximum atomic E-state index is 12.4. The van der Waals surface area contributed by atoms with Gasteiger partial charge in [0.25, 0.3) is 5.91 Å². The van der Waals surface area contributed by atoms with E-state index in [2.05, 4.69) is 10.6 Å². The van der Waals surface area contributed by atoms with E-state index in [0.717, 1.165) is 17.7 Å². The lowest BCUT2D eigenvalue weighted by molar-refractivity contribution is -0.143. The average Bonchev–Trinajstić information content (AvgIpc) is 3.30. The monoisotopic (exact) mass is 325 g/mol. The Hall–Kier alpha value is -2.12. The Kier molecular flexibility index (Phi) is 4.63. The Labute approximate surface area is 134 Å². The molecule has 0 aromatic rings. The number of rotatable bonds is 7. The summed E-state index contributed by atoms with van der Waals surface area (Å²) in [5.74, 6) is -2.35. The van der Waals surface area contributed by atoms with E-state index in [4.69, 9.17) is 0 Å². The van der Waals surface area contributed by atoms with Gasteiger partial charge in [-0.15, -0.1) is 0 Å². The fourth-order valence-electron chi connectivity index (χ4n) is 2.84. The lowest BCUT2D eigenvalue weighted by atomic mass is 9.96. The van der Waals surface area contributed by atoms with Crippen LogP contribution >= 0.6 is 0 Å². The second kappa shape index (κ2) is 6.17. The van der Waals surface area contributed by atoms with E-state index in [0.29, 0.717) is 6.42 Å². The van der Waals surface area contributed by atoms with Crippen LogP contribution in [-0.2, 0) is 14.4 Å². The molecule has 2 fully saturated rings. The minimum atomic E-state index is -1.13. The molecule has 1 heterocycles. The van der Waals surface area contributed by atoms with E-state index in [1.807, 2.05) is 6.92 Å². The maximum Gasteiger partial charge on any atom is 0.326 e. The van der Waals surface area contributed by atoms with Gasteiger partial charge in [0.1, 0.15) is 18.1 Å². The molecule has 1 saturated heterocycles. The second-order valence-corrected chi connectivity index (χ2v) is 6.57. The molecule has 8 heteroatoms. The zero-order valence-corrected chi connectivity index (χ0v) is 13.6. The third kappa shape index (κ3) is 3.30. The molecule has 8 nitrogen and oxygen atoms in total. The van der Waals surface area contributed by atoms with Gasteiger partial charge in [0.2, 0.25) is 5.91 Å². The Morgan fingerprint density at radius 3 is 2.52 bits per heavy atom. The maximum absolute atomic E-state index is 12.4. The highest BCUT2D eigenvalue weighted by atomic mass is 16.4. The van der Waals surface area contributed by atoms with Crippen LogP contribution in [0.3, 0.4) is 0 Å². The van der Waals surface area contributed by atoms with Crippen molar-refractivity contribution in [1.82, 2.24) is 15.5 Å². The minimum absolute atomic E-state index is 0.110. The number of carboxylic acids is 1. The molecule has 1 aliphatic carbocycles. The summed E-state index contributed by atoms with van der Waals surface area (Å²) in [6.07, 6.45) is 2.33. The molecule has 23 heavy (non-hydrogen) atoms. The van der Waals surface area contributed by atoms with E-state index in [1.165, 1.54) is 0 Å². The first-order chi connectivity index (χ1) is 10.7. The van der Waals surface area contributed by atoms with E-state index in [9.17, 15) is 24.3 Å². The predicted octanol–water partition coefficient (Wildman–Crippen LogP) is 0.322. The fraction of sp³-hybridized carbons (Fsp3) is 0.733. The number of nitrogens with one attached hydrogen (secondary N) is 2. The van der Waals surface area contributed by atoms with Gasteiger partial charge in [0.05, 0.1) is 0 Å². The first-order valence-corrected chi connectivity index (χ1v) is 7.87. The number of imide groups is 1. The summed E-state index contributed by atoms with van der Waals surface area (Å²) in [5.41, 5.74) is -0.944. The molecule has 1 saturated carbocycles. The van der Waals surface area contributed by atoms with Gasteiger partial charge in [-0.1, -0.05) is 20.3 Å². The quantitative estimate of drug-likeness (QED) is 0.583. The van der Waals surface area contributed by atoms with Crippen molar-refractivity contribution in [2.75, 3.05) is 6.54 Å². The number of hydrogen-bond donors (Lipinski definition) is 3. The Balaban J connectivity index is 2.01. The van der Waals surface area contributed by atoms with E-state index in [1.54, 1.807) is 13.8 Å². The van der Waals surface area contributed by atoms with Gasteiger partial charge < -0.3 is 15.7 Å². The van der Waals surface area contributed by atoms with Crippen LogP contribution < -0.4 is 10.6 Å². The number of carbonyl (C=O) groups is 4. The molecule has 2 rings (SSSR count). The van der Waals surface area contributed by atoms with Gasteiger partial charge in [-0.3, -0.25) is 14.5 Å². The molecule has 0 aromatic heterocycles. The minimum Gasteiger partial charge on any atom is -0.480 e. The lowest BCUT2D eigenvalue weighted by Gasteiger charge is -2.22. The normalized spacial score (nSPS) is 26.7. The molecule has 0 aromatic carbocycles. The number of nitrogens with zero attached hydrogens (tertiary/aromatic N) is 1. The van der Waals surface area contributed by atoms with Crippen molar-refractivity contribution in [2.24, 2.45) is 11.8 Å². The predicted molar refractivity (Wildman–Crippen MR) is 80.4 cm³/mol. The summed E-state index contributed by atoms with van der Waals surface area (Å²) in [7, 11) is 0. The zero-order chi connectivity index (χ0) is 17.4. The molecule has 2 aliphatic rings. The molecule has 1 aliphatic heterocycles. The number of hydrogen-bond acceptors (Lipinski definition) is 4. The molecule has 4 amide bonds. The first kappa shape index (κ1) is 17.2. The van der Waals surface area contributed by atoms with E-state index in [-0.39, 0.29) is 11.8 Å². The summed E-state index contributed by atoms with van der Waals surface area (Å²) in [4.78, 5) is 48.6. The number of carbonyl (C=O) groups excluding carboxylic acids is 3. The first-order valence-electron chi connectivity index (χ1n) is 7.87. The highest BCUT2D eigenvalue weighted by molar-refractivity contribution is 6.09. The summed E-state index contributed by atoms with van der Waals surface area (Å²) in [5, 5.41) is 14.2. The van der Waals surface area contributed by atoms with Gasteiger partial charge in [-0.05, 0) is 31.6 Å². The van der Waals surface area contributed by atoms with Crippen LogP contribution in [0.15, 0.2) is 0 Å². The van der Waals surface area contributed by atoms with Crippen LogP contribution in [0.4, 0.5) is 4.79 Å². The van der Waals surface area contributed by atoms with Gasteiger partial charge in [0.15, 0.2) is 0 Å². The Morgan fingerprint density at radius 1 is 1.43 bits per heavy atom. The third-order valence-corrected chi connectivity index (χ3v) is 4.79. The Bertz CT molecular complexity index is 545. The van der Waals surface area contributed by atoms with Crippen molar-refractivity contribution < 1.29 is 24.3 Å². The highest BCUT2D eigenvalue weighted by Crippen LogP contribution is 2.42. The number of carboxylic acid groups (broad SMARTS) is 1. The lowest BCUT2D eigenvalue weighted by Crippen LogP contribution is -2.50. The van der Waals surface area contributed by atoms with Crippen molar-refractivity contribution in [3.05, 3.63) is 0 Å². The van der Waals surface area contributed by atoms with Crippen LogP contribution in [0.2, 0.25) is 0 Å². The number of urea groups is 1. The summed E-state index contributed by atoms with van der Waals surface area (Å²) >= 11 is 0. The van der Waals surface area contributed by atoms with Gasteiger partial charge >= 0.3 is 12.0 Å². The molecule has 0 bridgehead atoms. The summed E-state index contributed by atoms with van der Waals surface area (Å²) in [6.45, 7) is 4.75. The molecular weight excluding hydrogens is 302 g/mol. The smallest absolute Gasteiger partial charge is 0.326 e. The molecule has 3 N–H and O–H groups in total. The molecule has 1 unspecified atom stereocenters. The topological polar surface area (TPSA) is 116 Å².